The van der Waals surface area contributed by atoms with E-state index >= 15 is 0 Å². The van der Waals surface area contributed by atoms with Crippen LogP contribution in [-0.2, 0) is 23.3 Å². The molecule has 0 aromatic carbocycles. The maximum absolute atomic E-state index is 6.31. The van der Waals surface area contributed by atoms with Gasteiger partial charge in [0.1, 0.15) is 0 Å². The molecule has 4 nitrogen and oxygen atoms in total. The van der Waals surface area contributed by atoms with Crippen LogP contribution in [0.15, 0.2) is 18.5 Å². The Balaban J connectivity index is 1.51. The molecule has 2 aliphatic heterocycles. The van der Waals surface area contributed by atoms with Crippen molar-refractivity contribution in [2.24, 2.45) is 0 Å². The molecule has 2 aromatic heterocycles. The SMILES string of the molecule is CC1CC2(CCN1Cc1cnc(Cl)nc1)OCCc1sc(Cl)cc12. The molecular weight excluding hydrogens is 365 g/mol. The molecule has 4 rings (SSSR count). The molecule has 0 saturated carbocycles. The number of ether oxygens (including phenoxy) is 1. The molecule has 0 amide bonds. The van der Waals surface area contributed by atoms with Gasteiger partial charge in [0.05, 0.1) is 16.5 Å². The third-order valence-electron chi connectivity index (χ3n) is 5.09. The van der Waals surface area contributed by atoms with E-state index in [1.807, 2.05) is 0 Å². The molecule has 0 radical (unpaired) electrons. The minimum Gasteiger partial charge on any atom is -0.370 e. The van der Waals surface area contributed by atoms with E-state index in [2.05, 4.69) is 27.9 Å². The second kappa shape index (κ2) is 6.54. The van der Waals surface area contributed by atoms with Gasteiger partial charge in [0.25, 0.3) is 0 Å². The highest BCUT2D eigenvalue weighted by Gasteiger charge is 2.44. The van der Waals surface area contributed by atoms with Crippen LogP contribution in [0.25, 0.3) is 0 Å². The second-order valence-corrected chi connectivity index (χ2v) is 8.72. The molecule has 2 unspecified atom stereocenters. The molecule has 1 saturated heterocycles. The summed E-state index contributed by atoms with van der Waals surface area (Å²) in [5, 5.41) is 0.293. The van der Waals surface area contributed by atoms with Gasteiger partial charge in [-0.3, -0.25) is 4.90 Å². The Kier molecular flexibility index (Phi) is 4.56. The van der Waals surface area contributed by atoms with Crippen molar-refractivity contribution in [2.75, 3.05) is 13.2 Å². The van der Waals surface area contributed by atoms with Crippen LogP contribution >= 0.6 is 34.5 Å². The molecule has 24 heavy (non-hydrogen) atoms. The lowest BCUT2D eigenvalue weighted by Gasteiger charge is -2.47. The number of nitrogens with zero attached hydrogens (tertiary/aromatic N) is 3. The quantitative estimate of drug-likeness (QED) is 0.724. The van der Waals surface area contributed by atoms with Crippen LogP contribution in [0, 0.1) is 0 Å². The van der Waals surface area contributed by atoms with E-state index in [0.29, 0.717) is 11.3 Å². The number of hydrogen-bond acceptors (Lipinski definition) is 5. The van der Waals surface area contributed by atoms with Gasteiger partial charge in [0.15, 0.2) is 0 Å². The van der Waals surface area contributed by atoms with E-state index in [0.717, 1.165) is 48.9 Å². The average molecular weight is 384 g/mol. The summed E-state index contributed by atoms with van der Waals surface area (Å²) in [5.74, 6) is 0. The fourth-order valence-corrected chi connectivity index (χ4v) is 5.34. The lowest BCUT2D eigenvalue weighted by atomic mass is 9.79. The third kappa shape index (κ3) is 3.08. The van der Waals surface area contributed by atoms with Gasteiger partial charge in [-0.05, 0) is 43.0 Å². The summed E-state index contributed by atoms with van der Waals surface area (Å²) in [7, 11) is 0. The van der Waals surface area contributed by atoms with E-state index in [9.17, 15) is 0 Å². The summed E-state index contributed by atoms with van der Waals surface area (Å²) >= 11 is 13.7. The topological polar surface area (TPSA) is 38.2 Å². The van der Waals surface area contributed by atoms with E-state index in [1.54, 1.807) is 23.7 Å². The van der Waals surface area contributed by atoms with Crippen LogP contribution in [0.5, 0.6) is 0 Å². The lowest BCUT2D eigenvalue weighted by Crippen LogP contribution is -2.50. The Morgan fingerprint density at radius 2 is 2.17 bits per heavy atom. The zero-order chi connectivity index (χ0) is 16.7. The molecule has 0 aliphatic carbocycles. The van der Waals surface area contributed by atoms with Crippen molar-refractivity contribution in [1.29, 1.82) is 0 Å². The maximum Gasteiger partial charge on any atom is 0.222 e. The number of hydrogen-bond donors (Lipinski definition) is 0. The number of piperidine rings is 1. The van der Waals surface area contributed by atoms with E-state index in [-0.39, 0.29) is 5.60 Å². The highest BCUT2D eigenvalue weighted by molar-refractivity contribution is 7.16. The van der Waals surface area contributed by atoms with Crippen molar-refractivity contribution in [1.82, 2.24) is 14.9 Å². The van der Waals surface area contributed by atoms with Crippen molar-refractivity contribution in [3.05, 3.63) is 44.1 Å². The van der Waals surface area contributed by atoms with Crippen LogP contribution < -0.4 is 0 Å². The van der Waals surface area contributed by atoms with Crippen LogP contribution in [0.1, 0.15) is 35.8 Å². The van der Waals surface area contributed by atoms with Crippen LogP contribution in [-0.4, -0.2) is 34.1 Å². The van der Waals surface area contributed by atoms with Gasteiger partial charge in [-0.25, -0.2) is 9.97 Å². The molecule has 2 aliphatic rings. The molecule has 4 heterocycles. The van der Waals surface area contributed by atoms with Crippen molar-refractivity contribution >= 4 is 34.5 Å². The van der Waals surface area contributed by atoms with E-state index < -0.39 is 0 Å². The highest BCUT2D eigenvalue weighted by Crippen LogP contribution is 2.47. The van der Waals surface area contributed by atoms with Gasteiger partial charge in [-0.2, -0.15) is 0 Å². The van der Waals surface area contributed by atoms with E-state index in [4.69, 9.17) is 27.9 Å². The maximum atomic E-state index is 6.31. The predicted molar refractivity (Wildman–Crippen MR) is 96.8 cm³/mol. The summed E-state index contributed by atoms with van der Waals surface area (Å²) in [5.41, 5.74) is 2.25. The first-order valence-electron chi connectivity index (χ1n) is 8.19. The minimum absolute atomic E-state index is 0.163. The second-order valence-electron chi connectivity index (χ2n) is 6.61. The summed E-state index contributed by atoms with van der Waals surface area (Å²) in [6, 6.07) is 2.54. The normalized spacial score (nSPS) is 27.4. The van der Waals surface area contributed by atoms with Gasteiger partial charge < -0.3 is 4.74 Å². The number of thiophene rings is 1. The smallest absolute Gasteiger partial charge is 0.222 e. The first-order chi connectivity index (χ1) is 11.6. The first kappa shape index (κ1) is 16.7. The molecular formula is C17H19Cl2N3OS. The Hall–Kier alpha value is -0.720. The predicted octanol–water partition coefficient (Wildman–Crippen LogP) is 4.30. The number of fused-ring (bicyclic) bond motifs is 2. The van der Waals surface area contributed by atoms with Crippen molar-refractivity contribution in [3.63, 3.8) is 0 Å². The molecule has 7 heteroatoms. The monoisotopic (exact) mass is 383 g/mol. The number of rotatable bonds is 2. The summed E-state index contributed by atoms with van der Waals surface area (Å²) in [6.45, 7) is 4.88. The fraction of sp³-hybridized carbons (Fsp3) is 0.529. The molecule has 0 N–H and O–H groups in total. The number of halogens is 2. The number of likely N-dealkylation sites (tertiary alicyclic amines) is 1. The van der Waals surface area contributed by atoms with Crippen LogP contribution in [0.2, 0.25) is 9.62 Å². The molecule has 1 fully saturated rings. The number of aromatic nitrogens is 2. The zero-order valence-corrected chi connectivity index (χ0v) is 15.8. The van der Waals surface area contributed by atoms with Gasteiger partial charge in [0, 0.05) is 48.4 Å². The summed E-state index contributed by atoms with van der Waals surface area (Å²) < 4.78 is 7.18. The van der Waals surface area contributed by atoms with E-state index in [1.165, 1.54) is 10.4 Å². The van der Waals surface area contributed by atoms with Gasteiger partial charge >= 0.3 is 0 Å². The third-order valence-corrected chi connectivity index (χ3v) is 6.61. The Morgan fingerprint density at radius 3 is 2.92 bits per heavy atom. The zero-order valence-electron chi connectivity index (χ0n) is 13.5. The molecule has 2 atom stereocenters. The lowest BCUT2D eigenvalue weighted by molar-refractivity contribution is -0.112. The van der Waals surface area contributed by atoms with Gasteiger partial charge in [0.2, 0.25) is 5.28 Å². The summed E-state index contributed by atoms with van der Waals surface area (Å²) in [6.07, 6.45) is 6.57. The standard InChI is InChI=1S/C17H19Cl2N3OS/c1-11-7-17(13-6-15(18)24-14(13)2-5-23-17)3-4-22(11)10-12-8-20-16(19)21-9-12/h6,8-9,11H,2-5,7,10H2,1H3. The minimum atomic E-state index is -0.163. The summed E-state index contributed by atoms with van der Waals surface area (Å²) in [4.78, 5) is 12.0. The van der Waals surface area contributed by atoms with Crippen LogP contribution in [0.3, 0.4) is 0 Å². The average Bonchev–Trinajstić information content (AvgIpc) is 2.94. The van der Waals surface area contributed by atoms with Crippen molar-refractivity contribution < 1.29 is 4.74 Å². The van der Waals surface area contributed by atoms with Crippen molar-refractivity contribution in [3.8, 4) is 0 Å². The van der Waals surface area contributed by atoms with Crippen LogP contribution in [0.4, 0.5) is 0 Å². The molecule has 1 spiro atoms. The molecule has 128 valence electrons. The Bertz CT molecular complexity index is 736. The fourth-order valence-electron chi connectivity index (χ4n) is 3.90. The van der Waals surface area contributed by atoms with Crippen molar-refractivity contribution in [2.45, 2.75) is 44.4 Å². The Morgan fingerprint density at radius 1 is 1.38 bits per heavy atom. The Labute approximate surface area is 155 Å². The largest absolute Gasteiger partial charge is 0.370 e. The van der Waals surface area contributed by atoms with Gasteiger partial charge in [-0.1, -0.05) is 11.6 Å². The first-order valence-corrected chi connectivity index (χ1v) is 9.76. The molecule has 0 bridgehead atoms. The highest BCUT2D eigenvalue weighted by atomic mass is 35.5. The molecule has 2 aromatic rings. The van der Waals surface area contributed by atoms with Gasteiger partial charge in [-0.15, -0.1) is 11.3 Å².